The summed E-state index contributed by atoms with van der Waals surface area (Å²) in [6, 6.07) is 19.8. The fourth-order valence-corrected chi connectivity index (χ4v) is 5.34. The van der Waals surface area contributed by atoms with Gasteiger partial charge in [-0.15, -0.1) is 0 Å². The Kier molecular flexibility index (Phi) is 8.70. The summed E-state index contributed by atoms with van der Waals surface area (Å²) in [5.41, 5.74) is 3.13. The third-order valence-electron chi connectivity index (χ3n) is 5.58. The van der Waals surface area contributed by atoms with Crippen LogP contribution in [0, 0.1) is 14.9 Å². The zero-order chi connectivity index (χ0) is 27.2. The second-order valence-electron chi connectivity index (χ2n) is 8.00. The van der Waals surface area contributed by atoms with E-state index >= 15 is 0 Å². The van der Waals surface area contributed by atoms with Crippen molar-refractivity contribution in [2.24, 2.45) is 4.99 Å². The molecule has 1 amide bonds. The highest BCUT2D eigenvalue weighted by Crippen LogP contribution is 2.38. The molecule has 0 saturated carbocycles. The second kappa shape index (κ2) is 12.1. The number of nitriles is 1. The van der Waals surface area contributed by atoms with Gasteiger partial charge in [-0.05, 0) is 88.5 Å². The molecule has 0 radical (unpaired) electrons. The maximum atomic E-state index is 12.9. The van der Waals surface area contributed by atoms with Gasteiger partial charge < -0.3 is 14.2 Å². The molecule has 38 heavy (non-hydrogen) atoms. The molecule has 0 unspecified atom stereocenters. The summed E-state index contributed by atoms with van der Waals surface area (Å²) in [7, 11) is 4.55. The van der Waals surface area contributed by atoms with Crippen LogP contribution in [0.15, 0.2) is 70.6 Å². The zero-order valence-corrected chi connectivity index (χ0v) is 23.7. The molecule has 10 heteroatoms. The summed E-state index contributed by atoms with van der Waals surface area (Å²) in [5, 5.41) is 9.85. The van der Waals surface area contributed by atoms with Gasteiger partial charge in [0.1, 0.15) is 6.61 Å². The first-order chi connectivity index (χ1) is 18.3. The van der Waals surface area contributed by atoms with Gasteiger partial charge in [-0.2, -0.15) is 5.26 Å². The van der Waals surface area contributed by atoms with Crippen LogP contribution in [0.5, 0.6) is 11.5 Å². The Morgan fingerprint density at radius 1 is 1.16 bits per heavy atom. The number of nitrogens with zero attached hydrogens (tertiary/aromatic N) is 3. The van der Waals surface area contributed by atoms with Crippen LogP contribution in [0.25, 0.3) is 6.08 Å². The number of carbonyl (C=O) groups excluding carboxylic acids is 2. The van der Waals surface area contributed by atoms with Crippen molar-refractivity contribution in [1.29, 1.82) is 5.26 Å². The van der Waals surface area contributed by atoms with Crippen LogP contribution in [-0.2, 0) is 16.1 Å². The van der Waals surface area contributed by atoms with E-state index in [1.165, 1.54) is 23.8 Å². The van der Waals surface area contributed by atoms with Gasteiger partial charge >= 0.3 is 5.97 Å². The lowest BCUT2D eigenvalue weighted by molar-refractivity contribution is -0.121. The molecule has 8 nitrogen and oxygen atoms in total. The largest absolute Gasteiger partial charge is 0.493 e. The van der Waals surface area contributed by atoms with Crippen molar-refractivity contribution in [3.05, 3.63) is 91.4 Å². The number of thioether (sulfide) groups is 1. The number of hydrogen-bond donors (Lipinski definition) is 0. The number of methoxy groups -OCH3 is 2. The first kappa shape index (κ1) is 27.2. The lowest BCUT2D eigenvalue weighted by atomic mass is 10.1. The predicted molar refractivity (Wildman–Crippen MR) is 154 cm³/mol. The summed E-state index contributed by atoms with van der Waals surface area (Å²) in [6.45, 7) is 0.218. The molecule has 0 bridgehead atoms. The number of carbonyl (C=O) groups is 2. The molecule has 0 atom stereocenters. The molecular weight excluding hydrogens is 617 g/mol. The number of likely N-dealkylation sites (N-methyl/N-ethyl adjacent to an activating group) is 1. The van der Waals surface area contributed by atoms with Crippen LogP contribution in [-0.4, -0.2) is 43.2 Å². The molecule has 1 aliphatic heterocycles. The highest BCUT2D eigenvalue weighted by molar-refractivity contribution is 14.1. The summed E-state index contributed by atoms with van der Waals surface area (Å²) < 4.78 is 17.1. The summed E-state index contributed by atoms with van der Waals surface area (Å²) >= 11 is 3.42. The molecule has 0 aliphatic carbocycles. The van der Waals surface area contributed by atoms with Crippen molar-refractivity contribution in [1.82, 2.24) is 4.90 Å². The third kappa shape index (κ3) is 6.00. The van der Waals surface area contributed by atoms with Gasteiger partial charge in [-0.3, -0.25) is 9.69 Å². The van der Waals surface area contributed by atoms with E-state index in [0.717, 1.165) is 14.7 Å². The Labute approximate surface area is 238 Å². The Hall–Kier alpha value is -3.82. The second-order valence-corrected chi connectivity index (χ2v) is 10.2. The molecule has 3 aromatic carbocycles. The summed E-state index contributed by atoms with van der Waals surface area (Å²) in [6.07, 6.45) is 1.78. The molecule has 1 aliphatic rings. The molecular formula is C28H22IN3O5S. The van der Waals surface area contributed by atoms with Gasteiger partial charge in [0.15, 0.2) is 16.7 Å². The Balaban J connectivity index is 1.55. The highest BCUT2D eigenvalue weighted by Gasteiger charge is 2.30. The van der Waals surface area contributed by atoms with E-state index in [1.54, 1.807) is 56.6 Å². The molecule has 0 spiro atoms. The molecule has 192 valence electrons. The van der Waals surface area contributed by atoms with E-state index in [0.29, 0.717) is 38.4 Å². The smallest absolute Gasteiger partial charge is 0.337 e. The average molecular weight is 639 g/mol. The highest BCUT2D eigenvalue weighted by atomic mass is 127. The normalized spacial score (nSPS) is 15.0. The molecule has 3 aromatic rings. The minimum atomic E-state index is -0.426. The number of amidine groups is 1. The van der Waals surface area contributed by atoms with E-state index in [9.17, 15) is 14.9 Å². The predicted octanol–water partition coefficient (Wildman–Crippen LogP) is 5.77. The van der Waals surface area contributed by atoms with Crippen LogP contribution in [0.1, 0.15) is 27.0 Å². The third-order valence-corrected chi connectivity index (χ3v) is 7.44. The number of ether oxygens (including phenoxy) is 3. The maximum Gasteiger partial charge on any atom is 0.337 e. The number of rotatable bonds is 7. The Bertz CT molecular complexity index is 1500. The van der Waals surface area contributed by atoms with Gasteiger partial charge in [-0.1, -0.05) is 18.2 Å². The van der Waals surface area contributed by atoms with Crippen molar-refractivity contribution in [3.8, 4) is 17.6 Å². The van der Waals surface area contributed by atoms with E-state index in [4.69, 9.17) is 14.2 Å². The lowest BCUT2D eigenvalue weighted by Gasteiger charge is -2.14. The number of amides is 1. The van der Waals surface area contributed by atoms with Crippen LogP contribution in [0.2, 0.25) is 0 Å². The van der Waals surface area contributed by atoms with Crippen molar-refractivity contribution in [2.75, 3.05) is 21.3 Å². The SMILES string of the molecule is COC(=O)c1ccc(N=C2S/C(=C\c3cc(I)c(OCc4ccccc4C#N)c(OC)c3)C(=O)N2C)cc1. The van der Waals surface area contributed by atoms with Crippen molar-refractivity contribution in [2.45, 2.75) is 6.61 Å². The number of hydrogen-bond acceptors (Lipinski definition) is 8. The summed E-state index contributed by atoms with van der Waals surface area (Å²) in [5.74, 6) is 0.470. The van der Waals surface area contributed by atoms with Crippen molar-refractivity contribution >= 4 is 63.2 Å². The van der Waals surface area contributed by atoms with Crippen molar-refractivity contribution in [3.63, 3.8) is 0 Å². The fourth-order valence-electron chi connectivity index (χ4n) is 3.57. The van der Waals surface area contributed by atoms with Gasteiger partial charge in [0, 0.05) is 12.6 Å². The number of benzene rings is 3. The van der Waals surface area contributed by atoms with Gasteiger partial charge in [0.2, 0.25) is 0 Å². The zero-order valence-electron chi connectivity index (χ0n) is 20.7. The number of esters is 1. The first-order valence-corrected chi connectivity index (χ1v) is 13.2. The topological polar surface area (TPSA) is 101 Å². The number of aliphatic imine (C=N–C) groups is 1. The van der Waals surface area contributed by atoms with Crippen LogP contribution < -0.4 is 9.47 Å². The van der Waals surface area contributed by atoms with Crippen molar-refractivity contribution < 1.29 is 23.8 Å². The van der Waals surface area contributed by atoms with Gasteiger partial charge in [0.05, 0.1) is 45.6 Å². The number of halogens is 1. The van der Waals surface area contributed by atoms with Crippen LogP contribution >= 0.6 is 34.4 Å². The summed E-state index contributed by atoms with van der Waals surface area (Å²) in [4.78, 5) is 31.1. The van der Waals surface area contributed by atoms with Crippen LogP contribution in [0.4, 0.5) is 5.69 Å². The molecule has 1 heterocycles. The maximum absolute atomic E-state index is 12.9. The van der Waals surface area contributed by atoms with Gasteiger partial charge in [0.25, 0.3) is 5.91 Å². The molecule has 1 fully saturated rings. The Morgan fingerprint density at radius 2 is 1.89 bits per heavy atom. The quantitative estimate of drug-likeness (QED) is 0.184. The van der Waals surface area contributed by atoms with E-state index < -0.39 is 5.97 Å². The minimum absolute atomic E-state index is 0.178. The lowest BCUT2D eigenvalue weighted by Crippen LogP contribution is -2.23. The molecule has 0 N–H and O–H groups in total. The van der Waals surface area contributed by atoms with Gasteiger partial charge in [-0.25, -0.2) is 9.79 Å². The monoisotopic (exact) mass is 639 g/mol. The first-order valence-electron chi connectivity index (χ1n) is 11.3. The molecule has 1 saturated heterocycles. The van der Waals surface area contributed by atoms with Crippen LogP contribution in [0.3, 0.4) is 0 Å². The fraction of sp³-hybridized carbons (Fsp3) is 0.143. The van der Waals surface area contributed by atoms with E-state index in [2.05, 4.69) is 33.7 Å². The average Bonchev–Trinajstić information content (AvgIpc) is 3.19. The van der Waals surface area contributed by atoms with E-state index in [-0.39, 0.29) is 12.5 Å². The molecule has 4 rings (SSSR count). The minimum Gasteiger partial charge on any atom is -0.493 e. The standard InChI is InChI=1S/C28H22IN3O5S/c1-32-26(33)24(38-28(32)31-21-10-8-18(9-11-21)27(34)36-3)14-17-12-22(29)25(23(13-17)35-2)37-16-20-7-5-4-6-19(20)15-30/h4-14H,16H2,1-3H3/b24-14-,31-28?. The van der Waals surface area contributed by atoms with E-state index in [1.807, 2.05) is 24.3 Å². The Morgan fingerprint density at radius 3 is 2.58 bits per heavy atom. The molecule has 0 aromatic heterocycles.